The summed E-state index contributed by atoms with van der Waals surface area (Å²) in [5.41, 5.74) is 0. The second-order valence-electron chi connectivity index (χ2n) is 0. The van der Waals surface area contributed by atoms with Crippen LogP contribution in [0.5, 0.6) is 0 Å². The molecule has 0 fully saturated rings. The Balaban J connectivity index is -0.00000000500. The Hall–Kier alpha value is 2.99. The van der Waals surface area contributed by atoms with Crippen LogP contribution >= 0.6 is 0 Å². The van der Waals surface area contributed by atoms with E-state index in [9.17, 15) is 0 Å². The van der Waals surface area contributed by atoms with Crippen molar-refractivity contribution in [3.63, 3.8) is 0 Å². The molecule has 4 heavy (non-hydrogen) atoms. The van der Waals surface area contributed by atoms with Crippen LogP contribution in [0.4, 0.5) is 0 Å². The molecule has 0 aliphatic heterocycles. The molecule has 0 N–H and O–H groups in total. The second-order valence-corrected chi connectivity index (χ2v) is 0. The molecular weight excluding hydrogens is 306 g/mol. The summed E-state index contributed by atoms with van der Waals surface area (Å²) in [6, 6.07) is 0. The van der Waals surface area contributed by atoms with E-state index in [4.69, 9.17) is 3.83 Å². The molecule has 1 radical (unpaired) electrons. The largest absolute Gasteiger partial charge is 0 e. The van der Waals surface area contributed by atoms with Crippen molar-refractivity contribution in [1.29, 1.82) is 0 Å². The van der Waals surface area contributed by atoms with Gasteiger partial charge in [-0.3, -0.25) is 0 Å². The summed E-state index contributed by atoms with van der Waals surface area (Å²) in [5, 5.41) is 0. The van der Waals surface area contributed by atoms with Gasteiger partial charge < -0.3 is 0 Å². The van der Waals surface area contributed by atoms with Gasteiger partial charge in [0.2, 0.25) is 0 Å². The average Bonchev–Trinajstić information content (AvgIpc) is 1.00. The van der Waals surface area contributed by atoms with Gasteiger partial charge in [0.05, 0.1) is 0 Å². The van der Waals surface area contributed by atoms with Crippen LogP contribution in [-0.4, -0.2) is 48.9 Å². The van der Waals surface area contributed by atoms with Crippen molar-refractivity contribution >= 4 is 48.9 Å². The monoisotopic (exact) mass is 308 g/mol. The van der Waals surface area contributed by atoms with Gasteiger partial charge in [0.25, 0.3) is 0 Å². The molecule has 0 aliphatic rings. The Bertz CT molecular complexity index is 8.00. The maximum absolute atomic E-state index is 7.81. The van der Waals surface area contributed by atoms with Crippen LogP contribution in [0.15, 0.2) is 0 Å². The number of hydrogen-bond donors (Lipinski definition) is 0. The smallest absolute Gasteiger partial charge is 0 e. The molecule has 0 spiro atoms. The Kier molecular flexibility index (Phi) is 65.7. The minimum Gasteiger partial charge on any atom is 0 e. The SMILES string of the molecule is [BaH2].[O]=[Cu].[Y]. The average molecular weight is 308 g/mol. The second kappa shape index (κ2) is 16.7. The normalized spacial score (nSPS) is 1.50. The van der Waals surface area contributed by atoms with E-state index in [0.29, 0.717) is 0 Å². The van der Waals surface area contributed by atoms with Gasteiger partial charge in [-0.05, 0) is 0 Å². The van der Waals surface area contributed by atoms with E-state index >= 15 is 0 Å². The van der Waals surface area contributed by atoms with Crippen molar-refractivity contribution < 1.29 is 52.5 Å². The summed E-state index contributed by atoms with van der Waals surface area (Å²) in [4.78, 5) is 0. The summed E-state index contributed by atoms with van der Waals surface area (Å²) in [5.74, 6) is 0. The zero-order valence-corrected chi connectivity index (χ0v) is 5.07. The summed E-state index contributed by atoms with van der Waals surface area (Å²) in [6.45, 7) is 0. The molecule has 0 amide bonds. The Labute approximate surface area is 98.6 Å². The molecule has 0 aromatic carbocycles. The molecule has 0 aliphatic carbocycles. The summed E-state index contributed by atoms with van der Waals surface area (Å²) in [7, 11) is 0. The maximum Gasteiger partial charge on any atom is 0 e. The number of rotatable bonds is 0. The van der Waals surface area contributed by atoms with Gasteiger partial charge in [-0.2, -0.15) is 0 Å². The van der Waals surface area contributed by atoms with Crippen LogP contribution in [0.2, 0.25) is 0 Å². The van der Waals surface area contributed by atoms with E-state index in [1.54, 1.807) is 0 Å². The molecule has 0 heterocycles. The van der Waals surface area contributed by atoms with Crippen LogP contribution in [0.1, 0.15) is 0 Å². The summed E-state index contributed by atoms with van der Waals surface area (Å²) < 4.78 is 7.81. The third kappa shape index (κ3) is 8.89. The number of hydrogen-bond acceptors (Lipinski definition) is 1. The molecule has 0 unspecified atom stereocenters. The Morgan fingerprint density at radius 2 is 1.25 bits per heavy atom. The van der Waals surface area contributed by atoms with Crippen LogP contribution in [0.3, 0.4) is 0 Å². The molecule has 0 aromatic heterocycles. The van der Waals surface area contributed by atoms with Gasteiger partial charge in [-0.25, -0.2) is 0 Å². The molecule has 0 aromatic rings. The van der Waals surface area contributed by atoms with Crippen LogP contribution in [0, 0.1) is 0 Å². The standard InChI is InChI=1S/Ba.Cu.O.Y.2H. The molecule has 0 saturated heterocycles. The molecule has 0 atom stereocenters. The first-order chi connectivity index (χ1) is 1.00. The quantitative estimate of drug-likeness (QED) is 0.523. The first kappa shape index (κ1) is 15.8. The van der Waals surface area contributed by atoms with Crippen LogP contribution in [0.25, 0.3) is 0 Å². The first-order valence-electron chi connectivity index (χ1n) is 0.123. The minimum atomic E-state index is 0. The van der Waals surface area contributed by atoms with Gasteiger partial charge in [0.1, 0.15) is 0 Å². The van der Waals surface area contributed by atoms with Gasteiger partial charge >= 0.3 is 68.7 Å². The fourth-order valence-corrected chi connectivity index (χ4v) is 0. The zero-order valence-electron chi connectivity index (χ0n) is 1.29. The topological polar surface area (TPSA) is 17.1 Å². The van der Waals surface area contributed by atoms with Crippen molar-refractivity contribution in [1.82, 2.24) is 0 Å². The third-order valence-electron chi connectivity index (χ3n) is 0. The molecule has 0 bridgehead atoms. The Morgan fingerprint density at radius 1 is 1.25 bits per heavy atom. The fraction of sp³-hybridized carbons (Fsp3) is 0. The van der Waals surface area contributed by atoms with E-state index in [1.807, 2.05) is 0 Å². The predicted molar refractivity (Wildman–Crippen MR) is 9.23 cm³/mol. The molecule has 24 valence electrons. The van der Waals surface area contributed by atoms with Gasteiger partial charge in [0, 0.05) is 32.7 Å². The molecule has 0 saturated carbocycles. The molecule has 1 nitrogen and oxygen atoms in total. The minimum absolute atomic E-state index is 0. The van der Waals surface area contributed by atoms with Crippen molar-refractivity contribution in [2.45, 2.75) is 0 Å². The van der Waals surface area contributed by atoms with Crippen molar-refractivity contribution in [3.8, 4) is 0 Å². The van der Waals surface area contributed by atoms with Gasteiger partial charge in [-0.1, -0.05) is 0 Å². The van der Waals surface area contributed by atoms with Crippen molar-refractivity contribution in [2.75, 3.05) is 0 Å². The summed E-state index contributed by atoms with van der Waals surface area (Å²) >= 11 is 2.94. The fourth-order valence-electron chi connectivity index (χ4n) is 0. The van der Waals surface area contributed by atoms with E-state index in [2.05, 4.69) is 15.9 Å². The van der Waals surface area contributed by atoms with Crippen molar-refractivity contribution in [3.05, 3.63) is 0 Å². The first-order valence-corrected chi connectivity index (χ1v) is 0.508. The molecule has 4 heteroatoms. The maximum atomic E-state index is 7.81. The van der Waals surface area contributed by atoms with E-state index in [0.717, 1.165) is 0 Å². The molecular formula is H2BaCuOY. The predicted octanol–water partition coefficient (Wildman–Crippen LogP) is -1.04. The Morgan fingerprint density at radius 3 is 1.25 bits per heavy atom. The van der Waals surface area contributed by atoms with E-state index in [-0.39, 0.29) is 81.6 Å². The van der Waals surface area contributed by atoms with Gasteiger partial charge in [0.15, 0.2) is 0 Å². The van der Waals surface area contributed by atoms with Crippen molar-refractivity contribution in [2.24, 2.45) is 0 Å². The van der Waals surface area contributed by atoms with Crippen LogP contribution < -0.4 is 0 Å². The van der Waals surface area contributed by atoms with E-state index in [1.165, 1.54) is 0 Å². The zero-order chi connectivity index (χ0) is 2.00. The van der Waals surface area contributed by atoms with Gasteiger partial charge in [-0.15, -0.1) is 0 Å². The van der Waals surface area contributed by atoms with E-state index < -0.39 is 0 Å². The van der Waals surface area contributed by atoms with Crippen LogP contribution in [-0.2, 0) is 52.5 Å². The third-order valence-corrected chi connectivity index (χ3v) is 0. The molecule has 0 rings (SSSR count). The summed E-state index contributed by atoms with van der Waals surface area (Å²) in [6.07, 6.45) is 0.